The first-order chi connectivity index (χ1) is 16.7. The first-order valence-electron chi connectivity index (χ1n) is 10.7. The van der Waals surface area contributed by atoms with Crippen molar-refractivity contribution in [3.63, 3.8) is 0 Å². The summed E-state index contributed by atoms with van der Waals surface area (Å²) in [6, 6.07) is 4.74. The molecule has 0 amide bonds. The van der Waals surface area contributed by atoms with E-state index in [-0.39, 0.29) is 35.4 Å². The highest BCUT2D eigenvalue weighted by atomic mass is 79.9. The number of aromatic carboxylic acids is 1. The number of aromatic nitrogens is 4. The number of H-pyrrole nitrogens is 1. The van der Waals surface area contributed by atoms with Gasteiger partial charge in [0.2, 0.25) is 0 Å². The van der Waals surface area contributed by atoms with E-state index in [1.54, 1.807) is 23.7 Å². The van der Waals surface area contributed by atoms with Gasteiger partial charge >= 0.3 is 11.9 Å². The predicted molar refractivity (Wildman–Crippen MR) is 127 cm³/mol. The minimum atomic E-state index is -0.959. The fourth-order valence-electron chi connectivity index (χ4n) is 3.70. The van der Waals surface area contributed by atoms with Gasteiger partial charge in [0, 0.05) is 29.3 Å². The number of carbonyl (C=O) groups excluding carboxylic acids is 1. The van der Waals surface area contributed by atoms with Crippen molar-refractivity contribution in [3.8, 4) is 11.3 Å². The standard InChI is InChI=1S/C18H20BrN3O5.C4H4N2O2/c1-3-27-18(23)14-9-20-21(15-6-7-26-10-11(15)2)17(14)13-5-4-12(19)8-16(13)22(24)25;7-4(8)3-1-5-6-2-3/h4-5,8-9,11,15H,3,6-7,10H2,1-2H3;1-2H,(H,5,6)(H,7,8). The molecule has 1 aromatic carbocycles. The van der Waals surface area contributed by atoms with Crippen LogP contribution in [-0.4, -0.2) is 61.8 Å². The van der Waals surface area contributed by atoms with Crippen LogP contribution in [0, 0.1) is 16.0 Å². The van der Waals surface area contributed by atoms with Crippen LogP contribution in [-0.2, 0) is 9.47 Å². The van der Waals surface area contributed by atoms with Crippen LogP contribution in [0.3, 0.4) is 0 Å². The molecule has 0 spiro atoms. The van der Waals surface area contributed by atoms with Gasteiger partial charge in [0.15, 0.2) is 0 Å². The van der Waals surface area contributed by atoms with Crippen LogP contribution in [0.25, 0.3) is 11.3 Å². The Morgan fingerprint density at radius 2 is 2.17 bits per heavy atom. The van der Waals surface area contributed by atoms with E-state index in [0.717, 1.165) is 0 Å². The van der Waals surface area contributed by atoms with Gasteiger partial charge in [-0.05, 0) is 25.5 Å². The van der Waals surface area contributed by atoms with E-state index < -0.39 is 16.9 Å². The van der Waals surface area contributed by atoms with E-state index in [2.05, 4.69) is 31.2 Å². The van der Waals surface area contributed by atoms with E-state index in [1.807, 2.05) is 6.92 Å². The zero-order valence-corrected chi connectivity index (χ0v) is 20.6. The van der Waals surface area contributed by atoms with Crippen molar-refractivity contribution in [1.82, 2.24) is 20.0 Å². The minimum Gasteiger partial charge on any atom is -0.478 e. The Morgan fingerprint density at radius 1 is 1.40 bits per heavy atom. The molecule has 1 aliphatic rings. The molecule has 3 aromatic rings. The van der Waals surface area contributed by atoms with Crippen LogP contribution in [0.4, 0.5) is 5.69 Å². The average Bonchev–Trinajstić information content (AvgIpc) is 3.51. The molecule has 4 rings (SSSR count). The van der Waals surface area contributed by atoms with Gasteiger partial charge in [0.05, 0.1) is 53.4 Å². The second-order valence-electron chi connectivity index (χ2n) is 7.69. The normalized spacial score (nSPS) is 17.2. The molecule has 0 saturated carbocycles. The smallest absolute Gasteiger partial charge is 0.341 e. The SMILES string of the molecule is CCOC(=O)c1cnn(C2CCOCC2C)c1-c1ccc(Br)cc1[N+](=O)[O-].O=C(O)c1cn[nH]c1. The number of carbonyl (C=O) groups is 2. The van der Waals surface area contributed by atoms with Crippen molar-refractivity contribution >= 4 is 33.6 Å². The van der Waals surface area contributed by atoms with Gasteiger partial charge < -0.3 is 14.6 Å². The number of ether oxygens (including phenoxy) is 2. The number of nitro benzene ring substituents is 1. The van der Waals surface area contributed by atoms with E-state index in [0.29, 0.717) is 35.4 Å². The largest absolute Gasteiger partial charge is 0.478 e. The lowest BCUT2D eigenvalue weighted by Crippen LogP contribution is -2.29. The first kappa shape index (κ1) is 26.0. The lowest BCUT2D eigenvalue weighted by molar-refractivity contribution is -0.384. The number of nitrogens with one attached hydrogen (secondary N) is 1. The molecule has 13 heteroatoms. The van der Waals surface area contributed by atoms with Gasteiger partial charge in [-0.15, -0.1) is 0 Å². The summed E-state index contributed by atoms with van der Waals surface area (Å²) in [5.41, 5.74) is 1.05. The Labute approximate surface area is 208 Å². The van der Waals surface area contributed by atoms with Crippen molar-refractivity contribution in [1.29, 1.82) is 0 Å². The molecule has 1 saturated heterocycles. The number of halogens is 1. The number of aromatic amines is 1. The molecule has 186 valence electrons. The maximum Gasteiger partial charge on any atom is 0.341 e. The Hall–Kier alpha value is -3.58. The van der Waals surface area contributed by atoms with Crippen LogP contribution in [0.2, 0.25) is 0 Å². The van der Waals surface area contributed by atoms with E-state index >= 15 is 0 Å². The van der Waals surface area contributed by atoms with Crippen LogP contribution >= 0.6 is 15.9 Å². The Balaban J connectivity index is 0.000000363. The zero-order valence-electron chi connectivity index (χ0n) is 19.0. The van der Waals surface area contributed by atoms with Gasteiger partial charge in [-0.1, -0.05) is 22.9 Å². The summed E-state index contributed by atoms with van der Waals surface area (Å²) in [5.74, 6) is -1.35. The van der Waals surface area contributed by atoms with Gasteiger partial charge in [0.25, 0.3) is 5.69 Å². The van der Waals surface area contributed by atoms with Gasteiger partial charge in [-0.25, -0.2) is 9.59 Å². The Morgan fingerprint density at radius 3 is 2.74 bits per heavy atom. The van der Waals surface area contributed by atoms with Gasteiger partial charge in [-0.2, -0.15) is 10.2 Å². The highest BCUT2D eigenvalue weighted by molar-refractivity contribution is 9.10. The number of nitro groups is 1. The zero-order chi connectivity index (χ0) is 25.5. The van der Waals surface area contributed by atoms with E-state index in [4.69, 9.17) is 14.6 Å². The number of rotatable bonds is 6. The first-order valence-corrected chi connectivity index (χ1v) is 11.5. The number of hydrogen-bond donors (Lipinski definition) is 2. The highest BCUT2D eigenvalue weighted by Crippen LogP contribution is 2.38. The van der Waals surface area contributed by atoms with Crippen LogP contribution in [0.15, 0.2) is 41.3 Å². The number of nitrogens with zero attached hydrogens (tertiary/aromatic N) is 4. The molecule has 3 heterocycles. The third-order valence-corrected chi connectivity index (χ3v) is 5.85. The number of carboxylic acids is 1. The lowest BCUT2D eigenvalue weighted by atomic mass is 9.96. The fraction of sp³-hybridized carbons (Fsp3) is 0.364. The third-order valence-electron chi connectivity index (χ3n) is 5.36. The van der Waals surface area contributed by atoms with Gasteiger partial charge in [0.1, 0.15) is 5.56 Å². The molecule has 0 aliphatic carbocycles. The molecule has 0 radical (unpaired) electrons. The highest BCUT2D eigenvalue weighted by Gasteiger charge is 2.32. The van der Waals surface area contributed by atoms with E-state index in [9.17, 15) is 19.7 Å². The van der Waals surface area contributed by atoms with Crippen molar-refractivity contribution in [2.75, 3.05) is 19.8 Å². The Kier molecular flexibility index (Phi) is 8.71. The summed E-state index contributed by atoms with van der Waals surface area (Å²) in [5, 5.41) is 30.1. The maximum atomic E-state index is 12.5. The average molecular weight is 550 g/mol. The van der Waals surface area contributed by atoms with Crippen molar-refractivity contribution in [2.24, 2.45) is 5.92 Å². The number of esters is 1. The van der Waals surface area contributed by atoms with Crippen molar-refractivity contribution in [2.45, 2.75) is 26.3 Å². The summed E-state index contributed by atoms with van der Waals surface area (Å²) < 4.78 is 13.0. The summed E-state index contributed by atoms with van der Waals surface area (Å²) in [6.45, 7) is 5.10. The van der Waals surface area contributed by atoms with Crippen molar-refractivity contribution in [3.05, 3.63) is 62.5 Å². The summed E-state index contributed by atoms with van der Waals surface area (Å²) in [6.07, 6.45) is 4.72. The molecular formula is C22H24BrN5O7. The fourth-order valence-corrected chi connectivity index (χ4v) is 4.05. The quantitative estimate of drug-likeness (QED) is 0.261. The number of carboxylic acid groups (broad SMARTS) is 1. The molecule has 0 bridgehead atoms. The molecule has 2 atom stereocenters. The Bertz CT molecular complexity index is 1200. The third kappa shape index (κ3) is 6.11. The van der Waals surface area contributed by atoms with Crippen molar-refractivity contribution < 1.29 is 29.1 Å². The number of benzene rings is 1. The van der Waals surface area contributed by atoms with Crippen LogP contribution in [0.1, 0.15) is 47.0 Å². The predicted octanol–water partition coefficient (Wildman–Crippen LogP) is 4.10. The summed E-state index contributed by atoms with van der Waals surface area (Å²) >= 11 is 3.27. The summed E-state index contributed by atoms with van der Waals surface area (Å²) in [4.78, 5) is 33.7. The second kappa shape index (κ2) is 11.7. The molecule has 2 N–H and O–H groups in total. The topological polar surface area (TPSA) is 162 Å². The molecular weight excluding hydrogens is 526 g/mol. The molecule has 12 nitrogen and oxygen atoms in total. The second-order valence-corrected chi connectivity index (χ2v) is 8.61. The molecule has 35 heavy (non-hydrogen) atoms. The lowest BCUT2D eigenvalue weighted by Gasteiger charge is -2.30. The molecule has 2 aromatic heterocycles. The van der Waals surface area contributed by atoms with E-state index in [1.165, 1.54) is 24.7 Å². The monoisotopic (exact) mass is 549 g/mol. The van der Waals surface area contributed by atoms with Crippen LogP contribution in [0.5, 0.6) is 0 Å². The number of hydrogen-bond acceptors (Lipinski definition) is 8. The molecule has 1 fully saturated rings. The van der Waals surface area contributed by atoms with Crippen LogP contribution < -0.4 is 0 Å². The minimum absolute atomic E-state index is 0.0276. The van der Waals surface area contributed by atoms with Gasteiger partial charge in [-0.3, -0.25) is 19.9 Å². The maximum absolute atomic E-state index is 12.5. The summed E-state index contributed by atoms with van der Waals surface area (Å²) in [7, 11) is 0. The molecule has 1 aliphatic heterocycles. The molecule has 2 unspecified atom stereocenters.